The van der Waals surface area contributed by atoms with E-state index in [-0.39, 0.29) is 28.0 Å². The molecule has 1 aromatic carbocycles. The Labute approximate surface area is 134 Å². The number of hydrogen-bond acceptors (Lipinski definition) is 6. The van der Waals surface area contributed by atoms with E-state index in [0.717, 1.165) is 20.3 Å². The number of alkyl halides is 3. The summed E-state index contributed by atoms with van der Waals surface area (Å²) in [6, 6.07) is 4.19. The molecule has 1 rings (SSSR count). The van der Waals surface area contributed by atoms with Crippen molar-refractivity contribution in [2.45, 2.75) is 17.3 Å². The van der Waals surface area contributed by atoms with Gasteiger partial charge in [-0.1, -0.05) is 6.07 Å². The number of carbonyl (C=O) groups is 2. The summed E-state index contributed by atoms with van der Waals surface area (Å²) in [7, 11) is 2.18. The quantitative estimate of drug-likeness (QED) is 0.500. The molecular formula is C14H14F3NO4S. The summed E-state index contributed by atoms with van der Waals surface area (Å²) in [6.45, 7) is 1.68. The minimum Gasteiger partial charge on any atom is -0.466 e. The molecule has 0 fully saturated rings. The molecule has 0 aliphatic carbocycles. The lowest BCUT2D eigenvalue weighted by atomic mass is 10.2. The van der Waals surface area contributed by atoms with Crippen LogP contribution in [0, 0.1) is 6.92 Å². The van der Waals surface area contributed by atoms with Crippen LogP contribution in [0.2, 0.25) is 0 Å². The van der Waals surface area contributed by atoms with Crippen LogP contribution in [-0.2, 0) is 19.1 Å². The maximum Gasteiger partial charge on any atom is 0.446 e. The number of thioether (sulfide) groups is 1. The van der Waals surface area contributed by atoms with E-state index in [4.69, 9.17) is 0 Å². The van der Waals surface area contributed by atoms with Gasteiger partial charge < -0.3 is 14.8 Å². The summed E-state index contributed by atoms with van der Waals surface area (Å²) in [5.41, 5.74) is -4.15. The van der Waals surface area contributed by atoms with Crippen molar-refractivity contribution in [3.05, 3.63) is 35.5 Å². The fourth-order valence-electron chi connectivity index (χ4n) is 1.53. The van der Waals surface area contributed by atoms with Crippen molar-refractivity contribution in [2.75, 3.05) is 19.5 Å². The summed E-state index contributed by atoms with van der Waals surface area (Å²) in [5, 5.41) is 2.49. The van der Waals surface area contributed by atoms with Gasteiger partial charge in [0.05, 0.1) is 26.0 Å². The summed E-state index contributed by atoms with van der Waals surface area (Å²) >= 11 is -0.336. The summed E-state index contributed by atoms with van der Waals surface area (Å²) in [5.74, 6) is -1.77. The van der Waals surface area contributed by atoms with Crippen LogP contribution in [0.3, 0.4) is 0 Å². The van der Waals surface area contributed by atoms with E-state index in [1.165, 1.54) is 18.2 Å². The smallest absolute Gasteiger partial charge is 0.446 e. The Balaban J connectivity index is 3.22. The SMILES string of the molecule is COC(=O)/C=C(/Nc1cc(C)ccc1SC(F)(F)F)C(=O)OC. The predicted octanol–water partition coefficient (Wildman–Crippen LogP) is 3.25. The van der Waals surface area contributed by atoms with Gasteiger partial charge in [0.25, 0.3) is 0 Å². The molecular weight excluding hydrogens is 335 g/mol. The van der Waals surface area contributed by atoms with Gasteiger partial charge in [0.15, 0.2) is 0 Å². The Kier molecular flexibility index (Phi) is 6.49. The molecule has 0 spiro atoms. The Bertz CT molecular complexity index is 629. The molecule has 0 saturated carbocycles. The molecule has 0 atom stereocenters. The van der Waals surface area contributed by atoms with Gasteiger partial charge in [-0.05, 0) is 36.4 Å². The van der Waals surface area contributed by atoms with Crippen LogP contribution < -0.4 is 5.32 Å². The average Bonchev–Trinajstić information content (AvgIpc) is 2.47. The van der Waals surface area contributed by atoms with Crippen molar-refractivity contribution in [3.63, 3.8) is 0 Å². The highest BCUT2D eigenvalue weighted by molar-refractivity contribution is 8.00. The maximum absolute atomic E-state index is 12.6. The molecule has 0 bridgehead atoms. The summed E-state index contributed by atoms with van der Waals surface area (Å²) in [4.78, 5) is 22.8. The van der Waals surface area contributed by atoms with E-state index in [2.05, 4.69) is 14.8 Å². The molecule has 0 radical (unpaired) electrons. The number of benzene rings is 1. The monoisotopic (exact) mass is 349 g/mol. The lowest BCUT2D eigenvalue weighted by molar-refractivity contribution is -0.138. The van der Waals surface area contributed by atoms with E-state index >= 15 is 0 Å². The van der Waals surface area contributed by atoms with Crippen LogP contribution in [0.15, 0.2) is 34.9 Å². The van der Waals surface area contributed by atoms with E-state index in [9.17, 15) is 22.8 Å². The zero-order valence-electron chi connectivity index (χ0n) is 12.5. The highest BCUT2D eigenvalue weighted by atomic mass is 32.2. The standard InChI is InChI=1S/C14H14F3NO4S/c1-8-4-5-11(23-14(15,16)17)9(6-8)18-10(13(20)22-3)7-12(19)21-2/h4-7,18H,1-3H3/b10-7+. The third-order valence-corrected chi connectivity index (χ3v) is 3.31. The number of carbonyl (C=O) groups excluding carboxylic acids is 2. The van der Waals surface area contributed by atoms with Gasteiger partial charge in [0.2, 0.25) is 0 Å². The highest BCUT2D eigenvalue weighted by Gasteiger charge is 2.30. The first-order chi connectivity index (χ1) is 10.7. The molecule has 126 valence electrons. The van der Waals surface area contributed by atoms with E-state index < -0.39 is 17.4 Å². The summed E-state index contributed by atoms with van der Waals surface area (Å²) in [6.07, 6.45) is 0.802. The summed E-state index contributed by atoms with van der Waals surface area (Å²) < 4.78 is 46.7. The molecule has 1 aromatic rings. The van der Waals surface area contributed by atoms with Crippen LogP contribution in [0.5, 0.6) is 0 Å². The van der Waals surface area contributed by atoms with Gasteiger partial charge in [-0.3, -0.25) is 0 Å². The van der Waals surface area contributed by atoms with Crippen LogP contribution >= 0.6 is 11.8 Å². The number of anilines is 1. The van der Waals surface area contributed by atoms with Gasteiger partial charge in [0.1, 0.15) is 5.70 Å². The minimum absolute atomic E-state index is 0.0212. The zero-order valence-corrected chi connectivity index (χ0v) is 13.3. The van der Waals surface area contributed by atoms with Gasteiger partial charge in [-0.15, -0.1) is 0 Å². The Morgan fingerprint density at radius 1 is 1.22 bits per heavy atom. The largest absolute Gasteiger partial charge is 0.466 e. The van der Waals surface area contributed by atoms with Crippen LogP contribution in [0.25, 0.3) is 0 Å². The van der Waals surface area contributed by atoms with Crippen molar-refractivity contribution in [3.8, 4) is 0 Å². The molecule has 0 heterocycles. The number of ether oxygens (including phenoxy) is 2. The number of hydrogen-bond donors (Lipinski definition) is 1. The van der Waals surface area contributed by atoms with E-state index in [1.54, 1.807) is 6.92 Å². The number of halogens is 3. The van der Waals surface area contributed by atoms with Crippen molar-refractivity contribution in [1.29, 1.82) is 0 Å². The third kappa shape index (κ3) is 6.23. The first-order valence-electron chi connectivity index (χ1n) is 6.17. The second-order valence-corrected chi connectivity index (χ2v) is 5.35. The number of esters is 2. The minimum atomic E-state index is -4.50. The molecule has 1 N–H and O–H groups in total. The molecule has 0 saturated heterocycles. The molecule has 0 unspecified atom stereocenters. The highest BCUT2D eigenvalue weighted by Crippen LogP contribution is 2.41. The van der Waals surface area contributed by atoms with Gasteiger partial charge in [-0.2, -0.15) is 13.2 Å². The Morgan fingerprint density at radius 3 is 2.39 bits per heavy atom. The fraction of sp³-hybridized carbons (Fsp3) is 0.286. The maximum atomic E-state index is 12.6. The van der Waals surface area contributed by atoms with Gasteiger partial charge in [0, 0.05) is 4.90 Å². The third-order valence-electron chi connectivity index (χ3n) is 2.50. The zero-order chi connectivity index (χ0) is 17.6. The van der Waals surface area contributed by atoms with Crippen molar-refractivity contribution < 1.29 is 32.2 Å². The normalized spacial score (nSPS) is 11.8. The van der Waals surface area contributed by atoms with Crippen LogP contribution in [0.4, 0.5) is 18.9 Å². The molecule has 0 aliphatic heterocycles. The number of methoxy groups -OCH3 is 2. The van der Waals surface area contributed by atoms with Crippen LogP contribution in [-0.4, -0.2) is 31.7 Å². The number of nitrogens with one attached hydrogen (secondary N) is 1. The predicted molar refractivity (Wildman–Crippen MR) is 78.8 cm³/mol. The Hall–Kier alpha value is -2.16. The van der Waals surface area contributed by atoms with Gasteiger partial charge >= 0.3 is 17.4 Å². The first kappa shape index (κ1) is 18.9. The average molecular weight is 349 g/mol. The molecule has 5 nitrogen and oxygen atoms in total. The topological polar surface area (TPSA) is 64.6 Å². The van der Waals surface area contributed by atoms with Crippen LogP contribution in [0.1, 0.15) is 5.56 Å². The molecule has 9 heteroatoms. The number of rotatable bonds is 5. The lowest BCUT2D eigenvalue weighted by Crippen LogP contribution is -2.16. The van der Waals surface area contributed by atoms with Gasteiger partial charge in [-0.25, -0.2) is 9.59 Å². The number of aryl methyl sites for hydroxylation is 1. The second-order valence-electron chi connectivity index (χ2n) is 4.25. The van der Waals surface area contributed by atoms with Crippen molar-refractivity contribution >= 4 is 29.4 Å². The molecule has 0 amide bonds. The van der Waals surface area contributed by atoms with E-state index in [0.29, 0.717) is 5.56 Å². The fourth-order valence-corrected chi connectivity index (χ4v) is 2.14. The molecule has 0 aromatic heterocycles. The second kappa shape index (κ2) is 7.91. The van der Waals surface area contributed by atoms with Crippen molar-refractivity contribution in [2.24, 2.45) is 0 Å². The van der Waals surface area contributed by atoms with Crippen molar-refractivity contribution in [1.82, 2.24) is 0 Å². The lowest BCUT2D eigenvalue weighted by Gasteiger charge is -2.15. The molecule has 0 aliphatic rings. The molecule has 23 heavy (non-hydrogen) atoms. The Morgan fingerprint density at radius 2 is 1.87 bits per heavy atom. The van der Waals surface area contributed by atoms with E-state index in [1.807, 2.05) is 0 Å². The first-order valence-corrected chi connectivity index (χ1v) is 6.99.